The molecule has 0 radical (unpaired) electrons. The minimum Gasteiger partial charge on any atom is -0.343 e. The maximum absolute atomic E-state index is 13.9. The Bertz CT molecular complexity index is 1450. The highest BCUT2D eigenvalue weighted by molar-refractivity contribution is 7.90. The van der Waals surface area contributed by atoms with E-state index in [0.717, 1.165) is 5.39 Å². The number of carbonyl (C=O) groups is 3. The van der Waals surface area contributed by atoms with Crippen molar-refractivity contribution in [3.63, 3.8) is 0 Å². The molecule has 1 aliphatic rings. The first-order chi connectivity index (χ1) is 19.2. The second-order valence-corrected chi connectivity index (χ2v) is 11.6. The highest BCUT2D eigenvalue weighted by Gasteiger charge is 2.46. The van der Waals surface area contributed by atoms with Gasteiger partial charge in [-0.3, -0.25) is 14.4 Å². The minimum atomic E-state index is -4.33. The fourth-order valence-corrected chi connectivity index (χ4v) is 6.38. The van der Waals surface area contributed by atoms with Crippen LogP contribution in [0.4, 0.5) is 5.69 Å². The summed E-state index contributed by atoms with van der Waals surface area (Å²) < 4.78 is 29.0. The van der Waals surface area contributed by atoms with Gasteiger partial charge in [0.15, 0.2) is 0 Å². The summed E-state index contributed by atoms with van der Waals surface area (Å²) in [4.78, 5) is 42.9. The normalized spacial score (nSPS) is 15.7. The maximum atomic E-state index is 13.9. The van der Waals surface area contributed by atoms with E-state index < -0.39 is 39.6 Å². The Kier molecular flexibility index (Phi) is 9.54. The van der Waals surface area contributed by atoms with Crippen molar-refractivity contribution in [3.05, 3.63) is 72.8 Å². The van der Waals surface area contributed by atoms with Gasteiger partial charge in [-0.1, -0.05) is 48.5 Å². The number of sulfonamides is 1. The number of amides is 3. The molecule has 3 N–H and O–H groups in total. The van der Waals surface area contributed by atoms with Crippen LogP contribution < -0.4 is 15.4 Å². The maximum Gasteiger partial charge on any atom is 0.264 e. The Labute approximate surface area is 235 Å². The number of anilines is 1. The third kappa shape index (κ3) is 6.68. The molecule has 1 heterocycles. The first kappa shape index (κ1) is 29.2. The molecule has 1 saturated heterocycles. The molecule has 4 rings (SSSR count). The Morgan fingerprint density at radius 3 is 2.15 bits per heavy atom. The van der Waals surface area contributed by atoms with Gasteiger partial charge in [0.1, 0.15) is 5.92 Å². The van der Waals surface area contributed by atoms with Gasteiger partial charge < -0.3 is 15.5 Å². The Morgan fingerprint density at radius 2 is 1.50 bits per heavy atom. The molecule has 0 aliphatic carbocycles. The molecule has 0 aromatic heterocycles. The molecule has 3 aromatic carbocycles. The van der Waals surface area contributed by atoms with Crippen LogP contribution in [-0.4, -0.2) is 57.2 Å². The lowest BCUT2D eigenvalue weighted by atomic mass is 9.75. The predicted octanol–water partition coefficient (Wildman–Crippen LogP) is 3.38. The van der Waals surface area contributed by atoms with E-state index in [0.29, 0.717) is 50.1 Å². The lowest BCUT2D eigenvalue weighted by molar-refractivity contribution is -0.148. The molecule has 0 bridgehead atoms. The zero-order valence-corrected chi connectivity index (χ0v) is 23.6. The number of benzene rings is 3. The molecule has 1 fully saturated rings. The van der Waals surface area contributed by atoms with Gasteiger partial charge in [0.25, 0.3) is 10.0 Å². The summed E-state index contributed by atoms with van der Waals surface area (Å²) in [6.45, 7) is 5.45. The van der Waals surface area contributed by atoms with Crippen molar-refractivity contribution in [2.75, 3.05) is 31.5 Å². The zero-order valence-electron chi connectivity index (χ0n) is 22.8. The average Bonchev–Trinajstić information content (AvgIpc) is 2.96. The molecule has 40 heavy (non-hydrogen) atoms. The zero-order chi connectivity index (χ0) is 28.7. The molecule has 0 saturated carbocycles. The molecule has 9 nitrogen and oxygen atoms in total. The van der Waals surface area contributed by atoms with Crippen LogP contribution in [0.5, 0.6) is 0 Å². The molecule has 212 valence electrons. The first-order valence-corrected chi connectivity index (χ1v) is 15.1. The lowest BCUT2D eigenvalue weighted by Gasteiger charge is -2.35. The Balaban J connectivity index is 1.72. The summed E-state index contributed by atoms with van der Waals surface area (Å²) in [6, 6.07) is 20.7. The fourth-order valence-electron chi connectivity index (χ4n) is 5.34. The molecule has 10 heteroatoms. The fraction of sp³-hybridized carbons (Fsp3) is 0.367. The molecule has 3 aromatic rings. The molecule has 2 atom stereocenters. The van der Waals surface area contributed by atoms with Gasteiger partial charge in [0, 0.05) is 18.8 Å². The second kappa shape index (κ2) is 13.1. The Morgan fingerprint density at radius 1 is 0.875 bits per heavy atom. The molecule has 0 spiro atoms. The van der Waals surface area contributed by atoms with E-state index in [4.69, 9.17) is 0 Å². The van der Waals surface area contributed by atoms with Crippen LogP contribution >= 0.6 is 0 Å². The largest absolute Gasteiger partial charge is 0.343 e. The third-order valence-corrected chi connectivity index (χ3v) is 8.83. The van der Waals surface area contributed by atoms with Crippen LogP contribution in [0.3, 0.4) is 0 Å². The number of hydrogen-bond acceptors (Lipinski definition) is 6. The highest BCUT2D eigenvalue weighted by Crippen LogP contribution is 2.32. The average molecular weight is 565 g/mol. The summed E-state index contributed by atoms with van der Waals surface area (Å²) in [5.41, 5.74) is 0.532. The predicted molar refractivity (Wildman–Crippen MR) is 155 cm³/mol. The SMILES string of the molecule is CCN(CC)C(=O)C(C(=O)NS(=O)(=O)c1ccc2ccccc2c1)C(C(=O)Nc1ccccc1)C1CCNCC1. The van der Waals surface area contributed by atoms with Crippen LogP contribution in [0, 0.1) is 17.8 Å². The minimum absolute atomic E-state index is 0.0965. The topological polar surface area (TPSA) is 125 Å². The van der Waals surface area contributed by atoms with E-state index in [-0.39, 0.29) is 10.8 Å². The summed E-state index contributed by atoms with van der Waals surface area (Å²) in [7, 11) is -4.33. The number of piperidine rings is 1. The van der Waals surface area contributed by atoms with Gasteiger partial charge in [-0.05, 0) is 80.7 Å². The number of hydrogen-bond donors (Lipinski definition) is 3. The molecular weight excluding hydrogens is 528 g/mol. The van der Waals surface area contributed by atoms with Crippen molar-refractivity contribution in [1.29, 1.82) is 0 Å². The van der Waals surface area contributed by atoms with E-state index in [1.165, 1.54) is 17.0 Å². The molecule has 2 unspecified atom stereocenters. The van der Waals surface area contributed by atoms with Crippen molar-refractivity contribution >= 4 is 44.2 Å². The van der Waals surface area contributed by atoms with Gasteiger partial charge in [-0.2, -0.15) is 0 Å². The van der Waals surface area contributed by atoms with E-state index in [1.807, 2.05) is 18.2 Å². The van der Waals surface area contributed by atoms with Crippen LogP contribution in [0.1, 0.15) is 26.7 Å². The lowest BCUT2D eigenvalue weighted by Crippen LogP contribution is -2.53. The van der Waals surface area contributed by atoms with E-state index in [1.54, 1.807) is 56.3 Å². The number of nitrogens with one attached hydrogen (secondary N) is 3. The van der Waals surface area contributed by atoms with E-state index in [9.17, 15) is 22.8 Å². The standard InChI is InChI=1S/C30H36N4O5S/c1-3-34(4-2)30(37)27(26(22-16-18-31-19-17-22)28(35)32-24-12-6-5-7-13-24)29(36)33-40(38,39)25-15-14-21-10-8-9-11-23(21)20-25/h5-15,20,22,26-27,31H,3-4,16-19H2,1-2H3,(H,32,35)(H,33,36). The van der Waals surface area contributed by atoms with Crippen molar-refractivity contribution < 1.29 is 22.8 Å². The van der Waals surface area contributed by atoms with Crippen molar-refractivity contribution in [2.24, 2.45) is 17.8 Å². The highest BCUT2D eigenvalue weighted by atomic mass is 32.2. The number of nitrogens with zero attached hydrogens (tertiary/aromatic N) is 1. The van der Waals surface area contributed by atoms with Gasteiger partial charge >= 0.3 is 0 Å². The van der Waals surface area contributed by atoms with Crippen LogP contribution in [-0.2, 0) is 24.4 Å². The van der Waals surface area contributed by atoms with Gasteiger partial charge in [0.05, 0.1) is 10.8 Å². The van der Waals surface area contributed by atoms with Crippen LogP contribution in [0.2, 0.25) is 0 Å². The third-order valence-electron chi connectivity index (χ3n) is 7.48. The van der Waals surface area contributed by atoms with Crippen molar-refractivity contribution in [2.45, 2.75) is 31.6 Å². The van der Waals surface area contributed by atoms with Crippen molar-refractivity contribution in [3.8, 4) is 0 Å². The molecular formula is C30H36N4O5S. The Hall–Kier alpha value is -3.76. The van der Waals surface area contributed by atoms with Crippen molar-refractivity contribution in [1.82, 2.24) is 14.9 Å². The van der Waals surface area contributed by atoms with Crippen LogP contribution in [0.25, 0.3) is 10.8 Å². The summed E-state index contributed by atoms with van der Waals surface area (Å²) >= 11 is 0. The quantitative estimate of drug-likeness (QED) is 0.324. The van der Waals surface area contributed by atoms with Gasteiger partial charge in [-0.15, -0.1) is 0 Å². The molecule has 3 amide bonds. The summed E-state index contributed by atoms with van der Waals surface area (Å²) in [6.07, 6.45) is 1.14. The first-order valence-electron chi connectivity index (χ1n) is 13.7. The smallest absolute Gasteiger partial charge is 0.264 e. The summed E-state index contributed by atoms with van der Waals surface area (Å²) in [5.74, 6) is -4.95. The van der Waals surface area contributed by atoms with E-state index >= 15 is 0 Å². The van der Waals surface area contributed by atoms with Gasteiger partial charge in [0.2, 0.25) is 17.7 Å². The van der Waals surface area contributed by atoms with Gasteiger partial charge in [-0.25, -0.2) is 13.1 Å². The number of fused-ring (bicyclic) bond motifs is 1. The summed E-state index contributed by atoms with van der Waals surface area (Å²) in [5, 5.41) is 7.66. The number of para-hydroxylation sites is 1. The van der Waals surface area contributed by atoms with E-state index in [2.05, 4.69) is 15.4 Å². The van der Waals surface area contributed by atoms with Crippen LogP contribution in [0.15, 0.2) is 77.7 Å². The monoisotopic (exact) mass is 564 g/mol. The molecule has 1 aliphatic heterocycles. The second-order valence-electron chi connectivity index (χ2n) is 9.94. The number of rotatable bonds is 10. The number of carbonyl (C=O) groups excluding carboxylic acids is 3.